The number of carbonyl (C=O) groups excluding carboxylic acids is 2. The van der Waals surface area contributed by atoms with Crippen LogP contribution >= 0.6 is 0 Å². The van der Waals surface area contributed by atoms with Crippen LogP contribution in [0.5, 0.6) is 0 Å². The van der Waals surface area contributed by atoms with Crippen LogP contribution in [0.4, 0.5) is 0 Å². The molecule has 0 N–H and O–H groups in total. The van der Waals surface area contributed by atoms with E-state index in [0.717, 1.165) is 6.42 Å². The first-order valence-electron chi connectivity index (χ1n) is 5.90. The summed E-state index contributed by atoms with van der Waals surface area (Å²) in [5.74, 6) is -1.28. The molecule has 0 spiro atoms. The molecule has 0 aromatic heterocycles. The summed E-state index contributed by atoms with van der Waals surface area (Å²) in [6, 6.07) is 0. The van der Waals surface area contributed by atoms with E-state index in [9.17, 15) is 9.59 Å². The molecule has 0 aliphatic carbocycles. The number of hydrogen-bond acceptors (Lipinski definition) is 4. The lowest BCUT2D eigenvalue weighted by Crippen LogP contribution is -2.34. The molecule has 0 saturated carbocycles. The van der Waals surface area contributed by atoms with Gasteiger partial charge < -0.3 is 9.47 Å². The van der Waals surface area contributed by atoms with Gasteiger partial charge in [-0.3, -0.25) is 9.59 Å². The molecule has 4 nitrogen and oxygen atoms in total. The summed E-state index contributed by atoms with van der Waals surface area (Å²) < 4.78 is 10.1. The van der Waals surface area contributed by atoms with Gasteiger partial charge in [-0.05, 0) is 27.2 Å². The molecule has 16 heavy (non-hydrogen) atoms. The summed E-state index contributed by atoms with van der Waals surface area (Å²) in [5, 5.41) is 0. The van der Waals surface area contributed by atoms with Crippen molar-refractivity contribution in [3.05, 3.63) is 0 Å². The van der Waals surface area contributed by atoms with Crippen LogP contribution < -0.4 is 0 Å². The normalized spacial score (nSPS) is 14.2. The summed E-state index contributed by atoms with van der Waals surface area (Å²) in [6.07, 6.45) is 0.759. The third-order valence-corrected chi connectivity index (χ3v) is 2.31. The Kier molecular flexibility index (Phi) is 7.81. The molecule has 94 valence electrons. The van der Waals surface area contributed by atoms with Gasteiger partial charge in [-0.25, -0.2) is 0 Å². The van der Waals surface area contributed by atoms with Gasteiger partial charge in [0.1, 0.15) is 12.0 Å². The highest BCUT2D eigenvalue weighted by Crippen LogP contribution is 2.14. The van der Waals surface area contributed by atoms with Crippen LogP contribution in [-0.4, -0.2) is 31.1 Å². The Labute approximate surface area is 97.3 Å². The first-order valence-corrected chi connectivity index (χ1v) is 5.90. The Bertz CT molecular complexity index is 225. The van der Waals surface area contributed by atoms with Crippen LogP contribution in [0, 0.1) is 5.92 Å². The molecule has 4 heteroatoms. The number of Topliss-reactive ketones (excluding diaryl/α,β-unsaturated/α-hetero) is 1. The van der Waals surface area contributed by atoms with E-state index in [1.165, 1.54) is 0 Å². The van der Waals surface area contributed by atoms with Crippen molar-refractivity contribution >= 4 is 11.8 Å². The zero-order valence-corrected chi connectivity index (χ0v) is 10.6. The standard InChI is InChI=1S/C12H22O4/c1-5-8-10(12(14)16-7-3)11(13)9(4)15-6-2/h9-10H,5-8H2,1-4H3. The Morgan fingerprint density at radius 2 is 1.75 bits per heavy atom. The zero-order valence-electron chi connectivity index (χ0n) is 10.6. The molecule has 0 radical (unpaired) electrons. The Morgan fingerprint density at radius 1 is 1.12 bits per heavy atom. The maximum atomic E-state index is 11.9. The molecule has 0 heterocycles. The summed E-state index contributed by atoms with van der Waals surface area (Å²) in [7, 11) is 0. The fourth-order valence-corrected chi connectivity index (χ4v) is 1.52. The van der Waals surface area contributed by atoms with Gasteiger partial charge >= 0.3 is 5.97 Å². The molecule has 0 fully saturated rings. The molecule has 2 unspecified atom stereocenters. The van der Waals surface area contributed by atoms with Gasteiger partial charge in [0, 0.05) is 6.61 Å². The smallest absolute Gasteiger partial charge is 0.316 e. The van der Waals surface area contributed by atoms with Crippen molar-refractivity contribution in [2.45, 2.75) is 46.6 Å². The monoisotopic (exact) mass is 230 g/mol. The van der Waals surface area contributed by atoms with Gasteiger partial charge in [0.05, 0.1) is 6.61 Å². The lowest BCUT2D eigenvalue weighted by Gasteiger charge is -2.17. The Hall–Kier alpha value is -0.900. The van der Waals surface area contributed by atoms with E-state index in [2.05, 4.69) is 0 Å². The van der Waals surface area contributed by atoms with E-state index in [1.54, 1.807) is 13.8 Å². The maximum Gasteiger partial charge on any atom is 0.316 e. The average molecular weight is 230 g/mol. The van der Waals surface area contributed by atoms with Crippen LogP contribution in [0.15, 0.2) is 0 Å². The van der Waals surface area contributed by atoms with Crippen molar-refractivity contribution in [1.82, 2.24) is 0 Å². The van der Waals surface area contributed by atoms with Crippen LogP contribution in [0.2, 0.25) is 0 Å². The number of hydrogen-bond donors (Lipinski definition) is 0. The van der Waals surface area contributed by atoms with Crippen molar-refractivity contribution in [2.24, 2.45) is 5.92 Å². The van der Waals surface area contributed by atoms with E-state index in [-0.39, 0.29) is 5.78 Å². The second-order valence-corrected chi connectivity index (χ2v) is 3.59. The molecule has 0 rings (SSSR count). The molecule has 0 bridgehead atoms. The van der Waals surface area contributed by atoms with Gasteiger partial charge in [0.25, 0.3) is 0 Å². The third-order valence-electron chi connectivity index (χ3n) is 2.31. The number of rotatable bonds is 8. The minimum absolute atomic E-state index is 0.179. The van der Waals surface area contributed by atoms with Gasteiger partial charge in [0.2, 0.25) is 0 Å². The number of ether oxygens (including phenoxy) is 2. The third kappa shape index (κ3) is 4.75. The molecule has 0 aliphatic rings. The van der Waals surface area contributed by atoms with Crippen LogP contribution in [0.25, 0.3) is 0 Å². The molecule has 0 saturated heterocycles. The van der Waals surface area contributed by atoms with Crippen molar-refractivity contribution in [3.63, 3.8) is 0 Å². The summed E-state index contributed by atoms with van der Waals surface area (Å²) >= 11 is 0. The largest absolute Gasteiger partial charge is 0.465 e. The highest BCUT2D eigenvalue weighted by Gasteiger charge is 2.30. The minimum atomic E-state index is -0.675. The van der Waals surface area contributed by atoms with Gasteiger partial charge in [0.15, 0.2) is 5.78 Å². The summed E-state index contributed by atoms with van der Waals surface area (Å²) in [4.78, 5) is 23.5. The van der Waals surface area contributed by atoms with E-state index < -0.39 is 18.0 Å². The number of carbonyl (C=O) groups is 2. The number of ketones is 1. The molecule has 0 aliphatic heterocycles. The van der Waals surface area contributed by atoms with E-state index in [0.29, 0.717) is 19.6 Å². The lowest BCUT2D eigenvalue weighted by atomic mass is 9.95. The topological polar surface area (TPSA) is 52.6 Å². The second-order valence-electron chi connectivity index (χ2n) is 3.59. The molecular weight excluding hydrogens is 208 g/mol. The van der Waals surface area contributed by atoms with Crippen molar-refractivity contribution in [3.8, 4) is 0 Å². The number of esters is 1. The predicted molar refractivity (Wildman–Crippen MR) is 61.1 cm³/mol. The minimum Gasteiger partial charge on any atom is -0.465 e. The summed E-state index contributed by atoms with van der Waals surface area (Å²) in [6.45, 7) is 7.93. The van der Waals surface area contributed by atoms with E-state index >= 15 is 0 Å². The Balaban J connectivity index is 4.50. The maximum absolute atomic E-state index is 11.9. The SMILES string of the molecule is CCCC(C(=O)OCC)C(=O)C(C)OCC. The fraction of sp³-hybridized carbons (Fsp3) is 0.833. The first kappa shape index (κ1) is 15.1. The van der Waals surface area contributed by atoms with Crippen LogP contribution in [-0.2, 0) is 19.1 Å². The highest BCUT2D eigenvalue weighted by atomic mass is 16.5. The van der Waals surface area contributed by atoms with Crippen molar-refractivity contribution in [1.29, 1.82) is 0 Å². The predicted octanol–water partition coefficient (Wildman–Crippen LogP) is 1.96. The van der Waals surface area contributed by atoms with E-state index in [1.807, 2.05) is 13.8 Å². The zero-order chi connectivity index (χ0) is 12.6. The van der Waals surface area contributed by atoms with Gasteiger partial charge in [-0.1, -0.05) is 13.3 Å². The average Bonchev–Trinajstić information content (AvgIpc) is 2.25. The van der Waals surface area contributed by atoms with Crippen LogP contribution in [0.3, 0.4) is 0 Å². The molecule has 0 aromatic rings. The van der Waals surface area contributed by atoms with Gasteiger partial charge in [-0.2, -0.15) is 0 Å². The fourth-order valence-electron chi connectivity index (χ4n) is 1.52. The molecule has 0 amide bonds. The quantitative estimate of drug-likeness (QED) is 0.472. The van der Waals surface area contributed by atoms with Crippen LogP contribution in [0.1, 0.15) is 40.5 Å². The lowest BCUT2D eigenvalue weighted by molar-refractivity contribution is -0.155. The van der Waals surface area contributed by atoms with Crippen molar-refractivity contribution in [2.75, 3.05) is 13.2 Å². The second kappa shape index (κ2) is 8.28. The highest BCUT2D eigenvalue weighted by molar-refractivity contribution is 6.01. The summed E-state index contributed by atoms with van der Waals surface area (Å²) in [5.41, 5.74) is 0. The Morgan fingerprint density at radius 3 is 2.19 bits per heavy atom. The van der Waals surface area contributed by atoms with Crippen molar-refractivity contribution < 1.29 is 19.1 Å². The first-order chi connectivity index (χ1) is 7.58. The van der Waals surface area contributed by atoms with Gasteiger partial charge in [-0.15, -0.1) is 0 Å². The molecular formula is C12H22O4. The molecule has 0 aromatic carbocycles. The van der Waals surface area contributed by atoms with E-state index in [4.69, 9.17) is 9.47 Å². The molecule has 2 atom stereocenters.